The Hall–Kier alpha value is -1.86. The van der Waals surface area contributed by atoms with Gasteiger partial charge in [0.15, 0.2) is 0 Å². The largest absolute Gasteiger partial charge is 0.354 e. The topological polar surface area (TPSA) is 82.3 Å². The molecule has 1 saturated heterocycles. The highest BCUT2D eigenvalue weighted by atomic mass is 35.5. The first-order valence-corrected chi connectivity index (χ1v) is 9.69. The van der Waals surface area contributed by atoms with Gasteiger partial charge >= 0.3 is 6.03 Å². The minimum Gasteiger partial charge on any atom is -0.354 e. The third kappa shape index (κ3) is 8.02. The highest BCUT2D eigenvalue weighted by Gasteiger charge is 2.28. The van der Waals surface area contributed by atoms with Crippen LogP contribution in [0.15, 0.2) is 24.3 Å². The molecule has 0 saturated carbocycles. The van der Waals surface area contributed by atoms with E-state index < -0.39 is 12.1 Å². The first-order valence-electron chi connectivity index (χ1n) is 9.69. The van der Waals surface area contributed by atoms with Gasteiger partial charge in [0.2, 0.25) is 5.91 Å². The molecule has 1 unspecified atom stereocenters. The molecule has 0 radical (unpaired) electrons. The van der Waals surface area contributed by atoms with Crippen molar-refractivity contribution in [3.05, 3.63) is 35.6 Å². The molecule has 1 atom stereocenters. The number of carbonyl (C=O) groups is 2. The number of hydrogen-bond donors (Lipinski definition) is 4. The van der Waals surface area contributed by atoms with Gasteiger partial charge in [-0.2, -0.15) is 0 Å². The van der Waals surface area contributed by atoms with Crippen molar-refractivity contribution in [2.45, 2.75) is 52.1 Å². The first kappa shape index (κ1) is 24.2. The number of rotatable bonds is 8. The van der Waals surface area contributed by atoms with Crippen LogP contribution in [-0.4, -0.2) is 37.6 Å². The number of nitrogens with one attached hydrogen (secondary N) is 4. The van der Waals surface area contributed by atoms with Gasteiger partial charge < -0.3 is 21.3 Å². The predicted octanol–water partition coefficient (Wildman–Crippen LogP) is 2.72. The molecule has 1 aromatic rings. The SMILES string of the molecule is CCCC(NC(=O)NCc1ccc(F)cc1)C(=O)NCC1(C)CCNCC1.Cl. The van der Waals surface area contributed by atoms with Crippen LogP contribution in [0.1, 0.15) is 45.1 Å². The van der Waals surface area contributed by atoms with Crippen molar-refractivity contribution in [2.24, 2.45) is 5.41 Å². The van der Waals surface area contributed by atoms with Crippen LogP contribution in [0.4, 0.5) is 9.18 Å². The highest BCUT2D eigenvalue weighted by molar-refractivity contribution is 5.87. The van der Waals surface area contributed by atoms with E-state index >= 15 is 0 Å². The summed E-state index contributed by atoms with van der Waals surface area (Å²) in [6.07, 6.45) is 3.42. The minimum absolute atomic E-state index is 0. The molecule has 6 nitrogen and oxygen atoms in total. The van der Waals surface area contributed by atoms with Crippen molar-refractivity contribution in [3.8, 4) is 0 Å². The summed E-state index contributed by atoms with van der Waals surface area (Å²) in [4.78, 5) is 24.7. The molecule has 4 N–H and O–H groups in total. The Morgan fingerprint density at radius 3 is 2.43 bits per heavy atom. The molecular formula is C20H32ClFN4O2. The molecule has 1 heterocycles. The van der Waals surface area contributed by atoms with Crippen LogP contribution in [0.5, 0.6) is 0 Å². The van der Waals surface area contributed by atoms with Gasteiger partial charge in [-0.15, -0.1) is 12.4 Å². The van der Waals surface area contributed by atoms with Crippen LogP contribution >= 0.6 is 12.4 Å². The number of hydrogen-bond acceptors (Lipinski definition) is 3. The van der Waals surface area contributed by atoms with E-state index in [9.17, 15) is 14.0 Å². The van der Waals surface area contributed by atoms with Gasteiger partial charge in [-0.25, -0.2) is 9.18 Å². The summed E-state index contributed by atoms with van der Waals surface area (Å²) in [7, 11) is 0. The van der Waals surface area contributed by atoms with Gasteiger partial charge in [-0.1, -0.05) is 32.4 Å². The Balaban J connectivity index is 0.00000392. The lowest BCUT2D eigenvalue weighted by Gasteiger charge is -2.34. The summed E-state index contributed by atoms with van der Waals surface area (Å²) in [5.74, 6) is -0.459. The van der Waals surface area contributed by atoms with E-state index in [1.807, 2.05) is 6.92 Å². The molecule has 0 bridgehead atoms. The minimum atomic E-state index is -0.562. The molecule has 28 heavy (non-hydrogen) atoms. The Morgan fingerprint density at radius 1 is 1.18 bits per heavy atom. The number of carbonyl (C=O) groups excluding carboxylic acids is 2. The van der Waals surface area contributed by atoms with Crippen LogP contribution in [0, 0.1) is 11.2 Å². The second-order valence-electron chi connectivity index (χ2n) is 7.57. The summed E-state index contributed by atoms with van der Waals surface area (Å²) in [6.45, 7) is 6.99. The number of benzene rings is 1. The van der Waals surface area contributed by atoms with Gasteiger partial charge in [0.05, 0.1) is 0 Å². The fourth-order valence-electron chi connectivity index (χ4n) is 3.18. The van der Waals surface area contributed by atoms with Crippen LogP contribution in [0.2, 0.25) is 0 Å². The van der Waals surface area contributed by atoms with Crippen molar-refractivity contribution in [2.75, 3.05) is 19.6 Å². The fourth-order valence-corrected chi connectivity index (χ4v) is 3.18. The lowest BCUT2D eigenvalue weighted by Crippen LogP contribution is -2.52. The second kappa shape index (κ2) is 11.9. The molecule has 158 valence electrons. The zero-order chi connectivity index (χ0) is 19.7. The number of urea groups is 1. The molecule has 0 aliphatic carbocycles. The third-order valence-electron chi connectivity index (χ3n) is 5.07. The van der Waals surface area contributed by atoms with Gasteiger partial charge in [0.1, 0.15) is 11.9 Å². The maximum Gasteiger partial charge on any atom is 0.315 e. The standard InChI is InChI=1S/C20H31FN4O2.ClH/c1-3-4-17(18(26)24-14-20(2)9-11-22-12-10-20)25-19(27)23-13-15-5-7-16(21)8-6-15;/h5-8,17,22H,3-4,9-14H2,1-2H3,(H,24,26)(H2,23,25,27);1H. The van der Waals surface area contributed by atoms with Crippen molar-refractivity contribution in [1.82, 2.24) is 21.3 Å². The molecule has 1 fully saturated rings. The zero-order valence-corrected chi connectivity index (χ0v) is 17.5. The Morgan fingerprint density at radius 2 is 1.82 bits per heavy atom. The molecule has 2 rings (SSSR count). The van der Waals surface area contributed by atoms with Gasteiger partial charge in [-0.3, -0.25) is 4.79 Å². The van der Waals surface area contributed by atoms with Crippen LogP contribution in [-0.2, 0) is 11.3 Å². The van der Waals surface area contributed by atoms with Crippen molar-refractivity contribution >= 4 is 24.3 Å². The Bertz CT molecular complexity index is 621. The summed E-state index contributed by atoms with van der Waals surface area (Å²) >= 11 is 0. The van der Waals surface area contributed by atoms with E-state index in [1.165, 1.54) is 12.1 Å². The van der Waals surface area contributed by atoms with Crippen LogP contribution in [0.25, 0.3) is 0 Å². The first-order chi connectivity index (χ1) is 12.9. The van der Waals surface area contributed by atoms with E-state index in [0.717, 1.165) is 37.9 Å². The molecule has 1 aliphatic rings. The molecule has 8 heteroatoms. The van der Waals surface area contributed by atoms with Crippen LogP contribution in [0.3, 0.4) is 0 Å². The predicted molar refractivity (Wildman–Crippen MR) is 111 cm³/mol. The lowest BCUT2D eigenvalue weighted by molar-refractivity contribution is -0.123. The van der Waals surface area contributed by atoms with Crippen molar-refractivity contribution in [3.63, 3.8) is 0 Å². The van der Waals surface area contributed by atoms with Crippen molar-refractivity contribution in [1.29, 1.82) is 0 Å². The summed E-state index contributed by atoms with van der Waals surface area (Å²) < 4.78 is 12.9. The molecule has 1 aromatic carbocycles. The van der Waals surface area contributed by atoms with E-state index in [1.54, 1.807) is 12.1 Å². The Kier molecular flexibility index (Phi) is 10.2. The number of amides is 3. The lowest BCUT2D eigenvalue weighted by atomic mass is 9.81. The van der Waals surface area contributed by atoms with E-state index in [2.05, 4.69) is 28.2 Å². The molecule has 1 aliphatic heterocycles. The smallest absolute Gasteiger partial charge is 0.315 e. The normalized spacial score (nSPS) is 16.4. The molecular weight excluding hydrogens is 383 g/mol. The van der Waals surface area contributed by atoms with E-state index in [4.69, 9.17) is 0 Å². The monoisotopic (exact) mass is 414 g/mol. The summed E-state index contributed by atoms with van der Waals surface area (Å²) in [5.41, 5.74) is 0.893. The third-order valence-corrected chi connectivity index (χ3v) is 5.07. The number of piperidine rings is 1. The van der Waals surface area contributed by atoms with Gasteiger partial charge in [0.25, 0.3) is 0 Å². The molecule has 3 amide bonds. The van der Waals surface area contributed by atoms with Crippen LogP contribution < -0.4 is 21.3 Å². The highest BCUT2D eigenvalue weighted by Crippen LogP contribution is 2.26. The maximum absolute atomic E-state index is 12.9. The second-order valence-corrected chi connectivity index (χ2v) is 7.57. The van der Waals surface area contributed by atoms with E-state index in [0.29, 0.717) is 13.0 Å². The zero-order valence-electron chi connectivity index (χ0n) is 16.6. The average Bonchev–Trinajstić information content (AvgIpc) is 2.66. The van der Waals surface area contributed by atoms with E-state index in [-0.39, 0.29) is 36.1 Å². The maximum atomic E-state index is 12.9. The number of halogens is 2. The Labute approximate surface area is 172 Å². The summed E-state index contributed by atoms with van der Waals surface area (Å²) in [6, 6.07) is 4.97. The van der Waals surface area contributed by atoms with Gasteiger partial charge in [0, 0.05) is 13.1 Å². The summed E-state index contributed by atoms with van der Waals surface area (Å²) in [5, 5.41) is 11.8. The van der Waals surface area contributed by atoms with Crippen molar-refractivity contribution < 1.29 is 14.0 Å². The average molecular weight is 415 g/mol. The quantitative estimate of drug-likeness (QED) is 0.528. The molecule has 0 aromatic heterocycles. The molecule has 0 spiro atoms. The van der Waals surface area contributed by atoms with Gasteiger partial charge in [-0.05, 0) is 55.5 Å². The fraction of sp³-hybridized carbons (Fsp3) is 0.600.